The van der Waals surface area contributed by atoms with Crippen molar-refractivity contribution in [2.45, 2.75) is 45.1 Å². The maximum atomic E-state index is 5.92. The molecule has 0 saturated heterocycles. The van der Waals surface area contributed by atoms with E-state index in [4.69, 9.17) is 17.3 Å². The van der Waals surface area contributed by atoms with E-state index in [1.807, 2.05) is 12.1 Å². The van der Waals surface area contributed by atoms with Gasteiger partial charge in [0.2, 0.25) is 0 Å². The zero-order valence-electron chi connectivity index (χ0n) is 12.2. The number of rotatable bonds is 9. The molecule has 19 heavy (non-hydrogen) atoms. The van der Waals surface area contributed by atoms with Crippen molar-refractivity contribution in [1.29, 1.82) is 0 Å². The summed E-state index contributed by atoms with van der Waals surface area (Å²) in [5.41, 5.74) is 6.82. The highest BCUT2D eigenvalue weighted by Gasteiger charge is 2.10. The Morgan fingerprint density at radius 2 is 1.63 bits per heavy atom. The number of nitrogens with two attached hydrogens (primary N) is 1. The highest BCUT2D eigenvalue weighted by atomic mass is 35.5. The predicted octanol–water partition coefficient (Wildman–Crippen LogP) is 4.24. The van der Waals surface area contributed by atoms with E-state index >= 15 is 0 Å². The lowest BCUT2D eigenvalue weighted by Gasteiger charge is -2.25. The Kier molecular flexibility index (Phi) is 8.11. The molecule has 2 nitrogen and oxygen atoms in total. The van der Waals surface area contributed by atoms with Crippen molar-refractivity contribution in [3.63, 3.8) is 0 Å². The Morgan fingerprint density at radius 1 is 1.05 bits per heavy atom. The molecule has 0 aliphatic carbocycles. The van der Waals surface area contributed by atoms with Crippen LogP contribution in [0.3, 0.4) is 0 Å². The van der Waals surface area contributed by atoms with E-state index in [2.05, 4.69) is 31.0 Å². The number of benzene rings is 1. The third-order valence-corrected chi connectivity index (χ3v) is 3.98. The van der Waals surface area contributed by atoms with Gasteiger partial charge in [-0.05, 0) is 57.6 Å². The van der Waals surface area contributed by atoms with E-state index in [9.17, 15) is 0 Å². The average Bonchev–Trinajstić information content (AvgIpc) is 2.42. The van der Waals surface area contributed by atoms with Crippen LogP contribution >= 0.6 is 11.6 Å². The van der Waals surface area contributed by atoms with Gasteiger partial charge in [0.25, 0.3) is 0 Å². The molecular formula is C16H27ClN2. The molecule has 0 radical (unpaired) electrons. The van der Waals surface area contributed by atoms with Crippen LogP contribution in [0.4, 0.5) is 0 Å². The van der Waals surface area contributed by atoms with Crippen LogP contribution in [0, 0.1) is 0 Å². The van der Waals surface area contributed by atoms with Crippen molar-refractivity contribution in [2.24, 2.45) is 5.73 Å². The zero-order valence-corrected chi connectivity index (χ0v) is 13.0. The average molecular weight is 283 g/mol. The Bertz CT molecular complexity index is 337. The van der Waals surface area contributed by atoms with Crippen molar-refractivity contribution < 1.29 is 0 Å². The molecule has 0 spiro atoms. The van der Waals surface area contributed by atoms with Gasteiger partial charge in [-0.2, -0.15) is 0 Å². The molecule has 108 valence electrons. The van der Waals surface area contributed by atoms with Crippen molar-refractivity contribution >= 4 is 11.6 Å². The Labute approximate surface area is 122 Å². The van der Waals surface area contributed by atoms with Gasteiger partial charge in [0.05, 0.1) is 0 Å². The highest BCUT2D eigenvalue weighted by Crippen LogP contribution is 2.21. The van der Waals surface area contributed by atoms with E-state index in [0.29, 0.717) is 6.04 Å². The molecule has 0 bridgehead atoms. The second kappa shape index (κ2) is 9.35. The zero-order chi connectivity index (χ0) is 14.1. The number of unbranched alkanes of at least 4 members (excludes halogenated alkanes) is 4. The fourth-order valence-corrected chi connectivity index (χ4v) is 2.35. The van der Waals surface area contributed by atoms with E-state index in [-0.39, 0.29) is 0 Å². The first-order chi connectivity index (χ1) is 9.15. The van der Waals surface area contributed by atoms with Gasteiger partial charge in [-0.15, -0.1) is 0 Å². The summed E-state index contributed by atoms with van der Waals surface area (Å²) in [6.45, 7) is 4.22. The van der Waals surface area contributed by atoms with Gasteiger partial charge < -0.3 is 5.73 Å². The van der Waals surface area contributed by atoms with E-state index in [0.717, 1.165) is 24.5 Å². The molecule has 1 rings (SSSR count). The molecular weight excluding hydrogens is 256 g/mol. The lowest BCUT2D eigenvalue weighted by Crippen LogP contribution is -2.23. The minimum Gasteiger partial charge on any atom is -0.330 e. The summed E-state index contributed by atoms with van der Waals surface area (Å²) in [4.78, 5) is 2.41. The van der Waals surface area contributed by atoms with Crippen LogP contribution in [0.25, 0.3) is 0 Å². The first kappa shape index (κ1) is 16.5. The van der Waals surface area contributed by atoms with E-state index in [1.165, 1.54) is 31.2 Å². The molecule has 0 aliphatic heterocycles. The summed E-state index contributed by atoms with van der Waals surface area (Å²) in [7, 11) is 2.19. The molecule has 3 heteroatoms. The standard InChI is InChI=1S/C16H27ClN2/c1-14(15-8-10-16(17)11-9-15)19(2)13-7-5-3-4-6-12-18/h8-11,14H,3-7,12-13,18H2,1-2H3. The van der Waals surface area contributed by atoms with Gasteiger partial charge in [-0.1, -0.05) is 43.0 Å². The third kappa shape index (κ3) is 6.42. The molecule has 0 heterocycles. The van der Waals surface area contributed by atoms with Crippen LogP contribution in [-0.2, 0) is 0 Å². The molecule has 1 aromatic rings. The van der Waals surface area contributed by atoms with Gasteiger partial charge in [0.15, 0.2) is 0 Å². The maximum Gasteiger partial charge on any atom is 0.0406 e. The molecule has 1 unspecified atom stereocenters. The fraction of sp³-hybridized carbons (Fsp3) is 0.625. The van der Waals surface area contributed by atoms with Gasteiger partial charge in [-0.3, -0.25) is 4.90 Å². The Balaban J connectivity index is 2.25. The Hall–Kier alpha value is -0.570. The van der Waals surface area contributed by atoms with Crippen LogP contribution in [-0.4, -0.2) is 25.0 Å². The summed E-state index contributed by atoms with van der Waals surface area (Å²) in [6, 6.07) is 8.61. The number of halogens is 1. The minimum atomic E-state index is 0.446. The quantitative estimate of drug-likeness (QED) is 0.687. The molecule has 0 saturated carbocycles. The SMILES string of the molecule is CC(c1ccc(Cl)cc1)N(C)CCCCCCCN. The Morgan fingerprint density at radius 3 is 2.26 bits per heavy atom. The first-order valence-electron chi connectivity index (χ1n) is 7.31. The van der Waals surface area contributed by atoms with Crippen LogP contribution in [0.2, 0.25) is 5.02 Å². The van der Waals surface area contributed by atoms with Crippen molar-refractivity contribution in [1.82, 2.24) is 4.90 Å². The monoisotopic (exact) mass is 282 g/mol. The molecule has 1 atom stereocenters. The summed E-state index contributed by atoms with van der Waals surface area (Å²) < 4.78 is 0. The van der Waals surface area contributed by atoms with E-state index in [1.54, 1.807) is 0 Å². The largest absolute Gasteiger partial charge is 0.330 e. The second-order valence-electron chi connectivity index (χ2n) is 5.26. The van der Waals surface area contributed by atoms with Crippen LogP contribution in [0.15, 0.2) is 24.3 Å². The lowest BCUT2D eigenvalue weighted by molar-refractivity contribution is 0.255. The molecule has 0 aliphatic rings. The fourth-order valence-electron chi connectivity index (χ4n) is 2.23. The predicted molar refractivity (Wildman–Crippen MR) is 84.6 cm³/mol. The van der Waals surface area contributed by atoms with Crippen molar-refractivity contribution in [3.8, 4) is 0 Å². The summed E-state index contributed by atoms with van der Waals surface area (Å²) in [6.07, 6.45) is 6.31. The van der Waals surface area contributed by atoms with Gasteiger partial charge >= 0.3 is 0 Å². The first-order valence-corrected chi connectivity index (χ1v) is 7.68. The second-order valence-corrected chi connectivity index (χ2v) is 5.70. The van der Waals surface area contributed by atoms with Gasteiger partial charge in [0, 0.05) is 11.1 Å². The summed E-state index contributed by atoms with van der Waals surface area (Å²) >= 11 is 5.92. The number of hydrogen-bond donors (Lipinski definition) is 1. The molecule has 0 fully saturated rings. The van der Waals surface area contributed by atoms with Crippen molar-refractivity contribution in [2.75, 3.05) is 20.1 Å². The summed E-state index contributed by atoms with van der Waals surface area (Å²) in [5.74, 6) is 0. The topological polar surface area (TPSA) is 29.3 Å². The van der Waals surface area contributed by atoms with E-state index < -0.39 is 0 Å². The van der Waals surface area contributed by atoms with Gasteiger partial charge in [0.1, 0.15) is 0 Å². The number of hydrogen-bond acceptors (Lipinski definition) is 2. The lowest BCUT2D eigenvalue weighted by atomic mass is 10.1. The normalized spacial score (nSPS) is 12.9. The molecule has 2 N–H and O–H groups in total. The maximum absolute atomic E-state index is 5.92. The minimum absolute atomic E-state index is 0.446. The smallest absolute Gasteiger partial charge is 0.0406 e. The molecule has 0 amide bonds. The highest BCUT2D eigenvalue weighted by molar-refractivity contribution is 6.30. The summed E-state index contributed by atoms with van der Waals surface area (Å²) in [5, 5.41) is 0.804. The molecule has 1 aromatic carbocycles. The number of nitrogens with zero attached hydrogens (tertiary/aromatic N) is 1. The van der Waals surface area contributed by atoms with Crippen LogP contribution in [0.1, 0.15) is 50.6 Å². The van der Waals surface area contributed by atoms with Crippen LogP contribution < -0.4 is 5.73 Å². The van der Waals surface area contributed by atoms with Crippen molar-refractivity contribution in [3.05, 3.63) is 34.9 Å². The van der Waals surface area contributed by atoms with Crippen LogP contribution in [0.5, 0.6) is 0 Å². The third-order valence-electron chi connectivity index (χ3n) is 3.73. The molecule has 0 aromatic heterocycles. The van der Waals surface area contributed by atoms with Gasteiger partial charge in [-0.25, -0.2) is 0 Å².